The number of rotatable bonds is 3. The standard InChI is InChI=1S/C12H17NO/c1-3-13-11-6-9-4-5-12(14-2)8-10(9)7-11/h4-5,8,11,13H,3,6-7H2,1-2H3. The van der Waals surface area contributed by atoms with Crippen LogP contribution in [0.2, 0.25) is 0 Å². The lowest BCUT2D eigenvalue weighted by Gasteiger charge is -2.08. The number of likely N-dealkylation sites (N-methyl/N-ethyl adjacent to an activating group) is 1. The smallest absolute Gasteiger partial charge is 0.119 e. The third-order valence-electron chi connectivity index (χ3n) is 2.84. The van der Waals surface area contributed by atoms with Gasteiger partial charge in [0.25, 0.3) is 0 Å². The molecule has 0 bridgehead atoms. The Kier molecular flexibility index (Phi) is 2.73. The van der Waals surface area contributed by atoms with Crippen LogP contribution in [0.15, 0.2) is 18.2 Å². The van der Waals surface area contributed by atoms with Gasteiger partial charge in [-0.2, -0.15) is 0 Å². The Morgan fingerprint density at radius 2 is 2.14 bits per heavy atom. The summed E-state index contributed by atoms with van der Waals surface area (Å²) >= 11 is 0. The maximum atomic E-state index is 5.21. The molecule has 76 valence electrons. The molecule has 1 N–H and O–H groups in total. The third kappa shape index (κ3) is 1.75. The predicted molar refractivity (Wildman–Crippen MR) is 57.9 cm³/mol. The van der Waals surface area contributed by atoms with E-state index in [4.69, 9.17) is 4.74 Å². The summed E-state index contributed by atoms with van der Waals surface area (Å²) in [6.07, 6.45) is 2.30. The highest BCUT2D eigenvalue weighted by molar-refractivity contribution is 5.39. The maximum Gasteiger partial charge on any atom is 0.119 e. The van der Waals surface area contributed by atoms with Gasteiger partial charge in [0.2, 0.25) is 0 Å². The summed E-state index contributed by atoms with van der Waals surface area (Å²) in [5, 5.41) is 3.49. The molecule has 1 aromatic rings. The van der Waals surface area contributed by atoms with Gasteiger partial charge in [-0.05, 0) is 42.6 Å². The van der Waals surface area contributed by atoms with Crippen molar-refractivity contribution in [1.29, 1.82) is 0 Å². The average molecular weight is 191 g/mol. The van der Waals surface area contributed by atoms with Crippen LogP contribution in [0.4, 0.5) is 0 Å². The van der Waals surface area contributed by atoms with Gasteiger partial charge in [0.1, 0.15) is 5.75 Å². The molecular formula is C12H17NO. The summed E-state index contributed by atoms with van der Waals surface area (Å²) < 4.78 is 5.21. The van der Waals surface area contributed by atoms with Gasteiger partial charge in [-0.1, -0.05) is 13.0 Å². The molecule has 0 spiro atoms. The van der Waals surface area contributed by atoms with Crippen molar-refractivity contribution in [2.75, 3.05) is 13.7 Å². The van der Waals surface area contributed by atoms with E-state index < -0.39 is 0 Å². The SMILES string of the molecule is CCNC1Cc2ccc(OC)cc2C1. The van der Waals surface area contributed by atoms with Gasteiger partial charge in [-0.15, -0.1) is 0 Å². The van der Waals surface area contributed by atoms with Gasteiger partial charge in [0.15, 0.2) is 0 Å². The number of methoxy groups -OCH3 is 1. The normalized spacial score (nSPS) is 19.4. The Morgan fingerprint density at radius 3 is 2.86 bits per heavy atom. The van der Waals surface area contributed by atoms with Crippen molar-refractivity contribution in [2.45, 2.75) is 25.8 Å². The molecule has 0 heterocycles. The maximum absolute atomic E-state index is 5.21. The van der Waals surface area contributed by atoms with Gasteiger partial charge in [0, 0.05) is 6.04 Å². The summed E-state index contributed by atoms with van der Waals surface area (Å²) in [4.78, 5) is 0. The van der Waals surface area contributed by atoms with Crippen molar-refractivity contribution in [1.82, 2.24) is 5.32 Å². The molecular weight excluding hydrogens is 174 g/mol. The monoisotopic (exact) mass is 191 g/mol. The minimum absolute atomic E-state index is 0.627. The molecule has 0 aliphatic heterocycles. The van der Waals surface area contributed by atoms with Crippen molar-refractivity contribution < 1.29 is 4.74 Å². The Balaban J connectivity index is 2.14. The molecule has 1 aliphatic rings. The molecule has 14 heavy (non-hydrogen) atoms. The number of hydrogen-bond acceptors (Lipinski definition) is 2. The second kappa shape index (κ2) is 4.01. The number of nitrogens with one attached hydrogen (secondary N) is 1. The van der Waals surface area contributed by atoms with E-state index in [1.165, 1.54) is 11.1 Å². The summed E-state index contributed by atoms with van der Waals surface area (Å²) in [6.45, 7) is 3.21. The Morgan fingerprint density at radius 1 is 1.36 bits per heavy atom. The van der Waals surface area contributed by atoms with Crippen LogP contribution in [0.3, 0.4) is 0 Å². The molecule has 0 aromatic heterocycles. The molecule has 0 fully saturated rings. The van der Waals surface area contributed by atoms with E-state index in [2.05, 4.69) is 24.4 Å². The fraction of sp³-hybridized carbons (Fsp3) is 0.500. The van der Waals surface area contributed by atoms with E-state index in [-0.39, 0.29) is 0 Å². The average Bonchev–Trinajstić information content (AvgIpc) is 2.59. The van der Waals surface area contributed by atoms with Crippen LogP contribution < -0.4 is 10.1 Å². The van der Waals surface area contributed by atoms with Gasteiger partial charge >= 0.3 is 0 Å². The molecule has 1 aliphatic carbocycles. The van der Waals surface area contributed by atoms with Crippen LogP contribution in [0.25, 0.3) is 0 Å². The first-order valence-corrected chi connectivity index (χ1v) is 5.22. The first-order valence-electron chi connectivity index (χ1n) is 5.22. The zero-order valence-electron chi connectivity index (χ0n) is 8.84. The quantitative estimate of drug-likeness (QED) is 0.786. The highest BCUT2D eigenvalue weighted by Crippen LogP contribution is 2.26. The lowest BCUT2D eigenvalue weighted by atomic mass is 10.1. The van der Waals surface area contributed by atoms with Crippen molar-refractivity contribution in [3.05, 3.63) is 29.3 Å². The Hall–Kier alpha value is -1.02. The van der Waals surface area contributed by atoms with Gasteiger partial charge < -0.3 is 10.1 Å². The fourth-order valence-corrected chi connectivity index (χ4v) is 2.15. The minimum atomic E-state index is 0.627. The fourth-order valence-electron chi connectivity index (χ4n) is 2.15. The van der Waals surface area contributed by atoms with Crippen LogP contribution in [-0.4, -0.2) is 19.7 Å². The molecule has 0 amide bonds. The lowest BCUT2D eigenvalue weighted by Crippen LogP contribution is -2.28. The number of hydrogen-bond donors (Lipinski definition) is 1. The van der Waals surface area contributed by atoms with Crippen molar-refractivity contribution in [2.24, 2.45) is 0 Å². The van der Waals surface area contributed by atoms with E-state index in [9.17, 15) is 0 Å². The van der Waals surface area contributed by atoms with Crippen LogP contribution in [-0.2, 0) is 12.8 Å². The number of ether oxygens (including phenoxy) is 1. The van der Waals surface area contributed by atoms with Crippen LogP contribution in [0.5, 0.6) is 5.75 Å². The Labute approximate surface area is 85.3 Å². The van der Waals surface area contributed by atoms with Crippen LogP contribution in [0, 0.1) is 0 Å². The second-order valence-electron chi connectivity index (χ2n) is 3.80. The zero-order chi connectivity index (χ0) is 9.97. The molecule has 0 radical (unpaired) electrons. The first kappa shape index (κ1) is 9.53. The van der Waals surface area contributed by atoms with Crippen molar-refractivity contribution in [3.8, 4) is 5.75 Å². The molecule has 0 saturated carbocycles. The van der Waals surface area contributed by atoms with E-state index in [0.29, 0.717) is 6.04 Å². The molecule has 1 atom stereocenters. The predicted octanol–water partition coefficient (Wildman–Crippen LogP) is 1.77. The van der Waals surface area contributed by atoms with E-state index >= 15 is 0 Å². The first-order chi connectivity index (χ1) is 6.83. The Bertz CT molecular complexity index is 322. The summed E-state index contributed by atoms with van der Waals surface area (Å²) in [5.74, 6) is 0.973. The number of benzene rings is 1. The highest BCUT2D eigenvalue weighted by atomic mass is 16.5. The third-order valence-corrected chi connectivity index (χ3v) is 2.84. The molecule has 0 saturated heterocycles. The van der Waals surface area contributed by atoms with Gasteiger partial charge in [-0.3, -0.25) is 0 Å². The molecule has 1 aromatic carbocycles. The van der Waals surface area contributed by atoms with E-state index in [1.807, 2.05) is 6.07 Å². The lowest BCUT2D eigenvalue weighted by molar-refractivity contribution is 0.414. The molecule has 1 unspecified atom stereocenters. The van der Waals surface area contributed by atoms with Gasteiger partial charge in [0.05, 0.1) is 7.11 Å². The van der Waals surface area contributed by atoms with E-state index in [1.54, 1.807) is 7.11 Å². The summed E-state index contributed by atoms with van der Waals surface area (Å²) in [5.41, 5.74) is 2.91. The van der Waals surface area contributed by atoms with Crippen molar-refractivity contribution in [3.63, 3.8) is 0 Å². The molecule has 2 nitrogen and oxygen atoms in total. The second-order valence-corrected chi connectivity index (χ2v) is 3.80. The van der Waals surface area contributed by atoms with Crippen LogP contribution >= 0.6 is 0 Å². The largest absolute Gasteiger partial charge is 0.497 e. The molecule has 2 heteroatoms. The zero-order valence-corrected chi connectivity index (χ0v) is 8.84. The minimum Gasteiger partial charge on any atom is -0.497 e. The number of fused-ring (bicyclic) bond motifs is 1. The van der Waals surface area contributed by atoms with E-state index in [0.717, 1.165) is 25.1 Å². The van der Waals surface area contributed by atoms with Crippen molar-refractivity contribution >= 4 is 0 Å². The summed E-state index contributed by atoms with van der Waals surface area (Å²) in [7, 11) is 1.72. The molecule has 2 rings (SSSR count). The van der Waals surface area contributed by atoms with Crippen LogP contribution in [0.1, 0.15) is 18.1 Å². The van der Waals surface area contributed by atoms with Gasteiger partial charge in [-0.25, -0.2) is 0 Å². The summed E-state index contributed by atoms with van der Waals surface area (Å²) in [6, 6.07) is 7.02. The topological polar surface area (TPSA) is 21.3 Å². The highest BCUT2D eigenvalue weighted by Gasteiger charge is 2.20.